The van der Waals surface area contributed by atoms with Crippen molar-refractivity contribution in [3.8, 4) is 11.1 Å². The number of piperidine rings is 1. The van der Waals surface area contributed by atoms with Crippen LogP contribution in [-0.4, -0.2) is 71.8 Å². The number of benzene rings is 1. The number of rotatable bonds is 4. The molecule has 1 aromatic heterocycles. The van der Waals surface area contributed by atoms with Crippen LogP contribution < -0.4 is 5.32 Å². The molecular weight excluding hydrogens is 338 g/mol. The molecule has 1 aromatic carbocycles. The maximum absolute atomic E-state index is 12.8. The normalized spacial score (nSPS) is 19.4. The minimum absolute atomic E-state index is 0.132. The highest BCUT2D eigenvalue weighted by Gasteiger charge is 2.21. The van der Waals surface area contributed by atoms with Crippen LogP contribution in [0.1, 0.15) is 23.2 Å². The molecule has 0 spiro atoms. The van der Waals surface area contributed by atoms with E-state index in [1.165, 1.54) is 12.8 Å². The van der Waals surface area contributed by atoms with Gasteiger partial charge in [-0.1, -0.05) is 12.1 Å². The van der Waals surface area contributed by atoms with Crippen LogP contribution in [-0.2, 0) is 6.54 Å². The van der Waals surface area contributed by atoms with Crippen LogP contribution in [0.4, 0.5) is 0 Å². The van der Waals surface area contributed by atoms with Crippen LogP contribution in [0.15, 0.2) is 36.7 Å². The lowest BCUT2D eigenvalue weighted by molar-refractivity contribution is 0.0664. The Kier molecular flexibility index (Phi) is 5.55. The maximum atomic E-state index is 12.8. The number of likely N-dealkylation sites (N-methyl/N-ethyl adjacent to an activating group) is 1. The molecule has 144 valence electrons. The number of hydrogen-bond donors (Lipinski definition) is 1. The van der Waals surface area contributed by atoms with Gasteiger partial charge in [-0.2, -0.15) is 5.10 Å². The Morgan fingerprint density at radius 2 is 1.93 bits per heavy atom. The molecule has 0 radical (unpaired) electrons. The summed E-state index contributed by atoms with van der Waals surface area (Å²) in [6, 6.07) is 7.96. The Morgan fingerprint density at radius 3 is 2.70 bits per heavy atom. The number of carbonyl (C=O) groups is 1. The van der Waals surface area contributed by atoms with Gasteiger partial charge in [0.25, 0.3) is 5.91 Å². The van der Waals surface area contributed by atoms with Crippen molar-refractivity contribution in [2.75, 3.05) is 46.3 Å². The van der Waals surface area contributed by atoms with Gasteiger partial charge in [0.05, 0.1) is 6.20 Å². The Balaban J connectivity index is 1.45. The van der Waals surface area contributed by atoms with Crippen LogP contribution in [0.2, 0.25) is 0 Å². The van der Waals surface area contributed by atoms with Crippen molar-refractivity contribution >= 4 is 5.91 Å². The highest BCUT2D eigenvalue weighted by molar-refractivity contribution is 5.95. The SMILES string of the molecule is CN1CCN(C(=O)c2cccc(-c3cnn(CC4CCNCC4)c3)c2)CC1. The van der Waals surface area contributed by atoms with E-state index in [-0.39, 0.29) is 5.91 Å². The van der Waals surface area contributed by atoms with Crippen LogP contribution in [0.25, 0.3) is 11.1 Å². The molecule has 1 amide bonds. The van der Waals surface area contributed by atoms with Gasteiger partial charge in [-0.25, -0.2) is 0 Å². The highest BCUT2D eigenvalue weighted by Crippen LogP contribution is 2.22. The summed E-state index contributed by atoms with van der Waals surface area (Å²) in [5, 5.41) is 7.96. The highest BCUT2D eigenvalue weighted by atomic mass is 16.2. The van der Waals surface area contributed by atoms with Gasteiger partial charge < -0.3 is 15.1 Å². The molecule has 2 aromatic rings. The van der Waals surface area contributed by atoms with Gasteiger partial charge in [0.2, 0.25) is 0 Å². The Bertz CT molecular complexity index is 772. The molecule has 2 fully saturated rings. The zero-order valence-electron chi connectivity index (χ0n) is 16.1. The topological polar surface area (TPSA) is 53.4 Å². The number of amides is 1. The Labute approximate surface area is 161 Å². The fourth-order valence-corrected chi connectivity index (χ4v) is 3.97. The molecule has 0 aliphatic carbocycles. The molecule has 2 aliphatic rings. The molecule has 27 heavy (non-hydrogen) atoms. The smallest absolute Gasteiger partial charge is 0.253 e. The summed E-state index contributed by atoms with van der Waals surface area (Å²) in [6.45, 7) is 6.66. The first-order valence-electron chi connectivity index (χ1n) is 10.0. The van der Waals surface area contributed by atoms with E-state index >= 15 is 0 Å². The van der Waals surface area contributed by atoms with E-state index in [1.807, 2.05) is 29.3 Å². The molecule has 0 unspecified atom stereocenters. The first-order valence-corrected chi connectivity index (χ1v) is 10.0. The minimum Gasteiger partial charge on any atom is -0.336 e. The summed E-state index contributed by atoms with van der Waals surface area (Å²) in [7, 11) is 2.10. The second-order valence-electron chi connectivity index (χ2n) is 7.82. The fourth-order valence-electron chi connectivity index (χ4n) is 3.97. The third-order valence-corrected chi connectivity index (χ3v) is 5.77. The predicted molar refractivity (Wildman–Crippen MR) is 107 cm³/mol. The average molecular weight is 367 g/mol. The summed E-state index contributed by atoms with van der Waals surface area (Å²) < 4.78 is 2.06. The largest absolute Gasteiger partial charge is 0.336 e. The molecule has 0 bridgehead atoms. The van der Waals surface area contributed by atoms with Crippen molar-refractivity contribution in [3.05, 3.63) is 42.2 Å². The fraction of sp³-hybridized carbons (Fsp3) is 0.524. The summed E-state index contributed by atoms with van der Waals surface area (Å²) in [5.74, 6) is 0.830. The van der Waals surface area contributed by atoms with Gasteiger partial charge in [0.1, 0.15) is 0 Å². The lowest BCUT2D eigenvalue weighted by Gasteiger charge is -2.32. The van der Waals surface area contributed by atoms with E-state index in [4.69, 9.17) is 0 Å². The zero-order valence-corrected chi connectivity index (χ0v) is 16.1. The van der Waals surface area contributed by atoms with Crippen molar-refractivity contribution in [1.82, 2.24) is 24.9 Å². The van der Waals surface area contributed by atoms with E-state index < -0.39 is 0 Å². The van der Waals surface area contributed by atoms with E-state index in [1.54, 1.807) is 0 Å². The van der Waals surface area contributed by atoms with Gasteiger partial charge in [-0.3, -0.25) is 9.48 Å². The monoisotopic (exact) mass is 367 g/mol. The molecule has 2 aliphatic heterocycles. The number of hydrogen-bond acceptors (Lipinski definition) is 4. The molecular formula is C21H29N5O. The van der Waals surface area contributed by atoms with Crippen molar-refractivity contribution in [3.63, 3.8) is 0 Å². The van der Waals surface area contributed by atoms with E-state index in [0.717, 1.165) is 62.5 Å². The molecule has 6 heteroatoms. The summed E-state index contributed by atoms with van der Waals surface area (Å²) in [5.41, 5.74) is 2.91. The number of nitrogens with zero attached hydrogens (tertiary/aromatic N) is 4. The van der Waals surface area contributed by atoms with Gasteiger partial charge in [-0.15, -0.1) is 0 Å². The number of nitrogens with one attached hydrogen (secondary N) is 1. The summed E-state index contributed by atoms with van der Waals surface area (Å²) >= 11 is 0. The maximum Gasteiger partial charge on any atom is 0.253 e. The van der Waals surface area contributed by atoms with Crippen LogP contribution >= 0.6 is 0 Å². The molecule has 1 N–H and O–H groups in total. The minimum atomic E-state index is 0.132. The number of aromatic nitrogens is 2. The first kappa shape index (κ1) is 18.2. The van der Waals surface area contributed by atoms with Crippen molar-refractivity contribution in [2.24, 2.45) is 5.92 Å². The van der Waals surface area contributed by atoms with Crippen molar-refractivity contribution in [1.29, 1.82) is 0 Å². The predicted octanol–water partition coefficient (Wildman–Crippen LogP) is 1.94. The van der Waals surface area contributed by atoms with Crippen molar-refractivity contribution < 1.29 is 4.79 Å². The van der Waals surface area contributed by atoms with Gasteiger partial charge >= 0.3 is 0 Å². The second-order valence-corrected chi connectivity index (χ2v) is 7.82. The van der Waals surface area contributed by atoms with Crippen LogP contribution in [0.3, 0.4) is 0 Å². The molecule has 0 atom stereocenters. The quantitative estimate of drug-likeness (QED) is 0.897. The lowest BCUT2D eigenvalue weighted by atomic mass is 9.98. The van der Waals surface area contributed by atoms with E-state index in [2.05, 4.69) is 39.3 Å². The van der Waals surface area contributed by atoms with Gasteiger partial charge in [0.15, 0.2) is 0 Å². The summed E-state index contributed by atoms with van der Waals surface area (Å²) in [4.78, 5) is 17.1. The first-order chi connectivity index (χ1) is 13.2. The molecule has 2 saturated heterocycles. The lowest BCUT2D eigenvalue weighted by Crippen LogP contribution is -2.47. The van der Waals surface area contributed by atoms with Gasteiger partial charge in [0, 0.05) is 50.0 Å². The molecule has 3 heterocycles. The average Bonchev–Trinajstić information content (AvgIpc) is 3.17. The molecule has 6 nitrogen and oxygen atoms in total. The van der Waals surface area contributed by atoms with E-state index in [0.29, 0.717) is 5.92 Å². The van der Waals surface area contributed by atoms with Gasteiger partial charge in [-0.05, 0) is 56.6 Å². The van der Waals surface area contributed by atoms with E-state index in [9.17, 15) is 4.79 Å². The molecule has 4 rings (SSSR count). The Morgan fingerprint density at radius 1 is 1.15 bits per heavy atom. The van der Waals surface area contributed by atoms with Crippen molar-refractivity contribution in [2.45, 2.75) is 19.4 Å². The third kappa shape index (κ3) is 4.39. The summed E-state index contributed by atoms with van der Waals surface area (Å²) in [6.07, 6.45) is 6.45. The van der Waals surface area contributed by atoms with Crippen LogP contribution in [0.5, 0.6) is 0 Å². The number of carbonyl (C=O) groups excluding carboxylic acids is 1. The van der Waals surface area contributed by atoms with Crippen LogP contribution in [0, 0.1) is 5.92 Å². The second kappa shape index (κ2) is 8.23. The zero-order chi connectivity index (χ0) is 18.6. The standard InChI is InChI=1S/C21H29N5O/c1-24-9-11-25(12-10-24)21(27)19-4-2-3-18(13-19)20-14-23-26(16-20)15-17-5-7-22-8-6-17/h2-4,13-14,16-17,22H,5-12,15H2,1H3. The number of piperazine rings is 1. The molecule has 0 saturated carbocycles. The Hall–Kier alpha value is -2.18. The third-order valence-electron chi connectivity index (χ3n) is 5.77.